The predicted molar refractivity (Wildman–Crippen MR) is 78.9 cm³/mol. The highest BCUT2D eigenvalue weighted by Crippen LogP contribution is 2.25. The first kappa shape index (κ1) is 12.5. The summed E-state index contributed by atoms with van der Waals surface area (Å²) < 4.78 is 10.8. The number of methoxy groups -OCH3 is 1. The molecular formula is C15H15N3O2. The highest BCUT2D eigenvalue weighted by atomic mass is 16.5. The van der Waals surface area contributed by atoms with Gasteiger partial charge in [-0.25, -0.2) is 0 Å². The van der Waals surface area contributed by atoms with E-state index in [1.54, 1.807) is 19.2 Å². The number of benzene rings is 2. The Kier molecular flexibility index (Phi) is 3.26. The smallest absolute Gasteiger partial charge is 0.300 e. The second kappa shape index (κ2) is 5.22. The Morgan fingerprint density at radius 1 is 1.25 bits per heavy atom. The summed E-state index contributed by atoms with van der Waals surface area (Å²) in [5.74, 6) is 0. The van der Waals surface area contributed by atoms with Gasteiger partial charge in [-0.15, -0.1) is 0 Å². The molecule has 0 aliphatic heterocycles. The summed E-state index contributed by atoms with van der Waals surface area (Å²) in [4.78, 5) is 4.37. The van der Waals surface area contributed by atoms with Crippen molar-refractivity contribution in [3.63, 3.8) is 0 Å². The molecule has 3 rings (SSSR count). The van der Waals surface area contributed by atoms with Crippen LogP contribution in [0, 0.1) is 0 Å². The number of fused-ring (bicyclic) bond motifs is 1. The van der Waals surface area contributed by atoms with Crippen LogP contribution in [0.2, 0.25) is 0 Å². The fourth-order valence-corrected chi connectivity index (χ4v) is 2.04. The number of hydrogen-bond donors (Lipinski definition) is 2. The number of hydrogen-bond acceptors (Lipinski definition) is 5. The average Bonchev–Trinajstić information content (AvgIpc) is 2.82. The van der Waals surface area contributed by atoms with Crippen molar-refractivity contribution in [2.75, 3.05) is 18.2 Å². The molecule has 102 valence electrons. The first-order valence-electron chi connectivity index (χ1n) is 6.26. The number of ether oxygens (including phenoxy) is 1. The zero-order valence-electron chi connectivity index (χ0n) is 11.1. The second-order valence-corrected chi connectivity index (χ2v) is 4.46. The molecule has 0 bridgehead atoms. The van der Waals surface area contributed by atoms with Gasteiger partial charge in [-0.1, -0.05) is 18.2 Å². The normalized spacial score (nSPS) is 10.8. The van der Waals surface area contributed by atoms with Crippen LogP contribution < -0.4 is 11.1 Å². The van der Waals surface area contributed by atoms with Crippen LogP contribution in [0.3, 0.4) is 0 Å². The fraction of sp³-hybridized carbons (Fsp3) is 0.133. The number of anilines is 3. The summed E-state index contributed by atoms with van der Waals surface area (Å²) in [5.41, 5.74) is 9.78. The summed E-state index contributed by atoms with van der Waals surface area (Å²) in [5, 5.41) is 3.17. The van der Waals surface area contributed by atoms with Gasteiger partial charge in [0.25, 0.3) is 6.01 Å². The maximum absolute atomic E-state index is 5.73. The van der Waals surface area contributed by atoms with Crippen LogP contribution in [0.4, 0.5) is 17.4 Å². The van der Waals surface area contributed by atoms with Crippen LogP contribution in [-0.2, 0) is 11.3 Å². The third kappa shape index (κ3) is 2.44. The Morgan fingerprint density at radius 3 is 2.95 bits per heavy atom. The maximum atomic E-state index is 5.73. The monoisotopic (exact) mass is 269 g/mol. The Hall–Kier alpha value is -2.53. The minimum Gasteiger partial charge on any atom is -0.423 e. The van der Waals surface area contributed by atoms with Gasteiger partial charge in [-0.3, -0.25) is 0 Å². The molecule has 0 spiro atoms. The van der Waals surface area contributed by atoms with Crippen molar-refractivity contribution in [3.05, 3.63) is 48.0 Å². The van der Waals surface area contributed by atoms with E-state index in [0.29, 0.717) is 23.9 Å². The molecule has 5 nitrogen and oxygen atoms in total. The highest BCUT2D eigenvalue weighted by Gasteiger charge is 2.08. The van der Waals surface area contributed by atoms with E-state index in [9.17, 15) is 0 Å². The van der Waals surface area contributed by atoms with E-state index < -0.39 is 0 Å². The number of nitrogen functional groups attached to an aromatic ring is 1. The number of oxazole rings is 1. The van der Waals surface area contributed by atoms with Crippen molar-refractivity contribution < 1.29 is 9.15 Å². The molecule has 20 heavy (non-hydrogen) atoms. The van der Waals surface area contributed by atoms with Gasteiger partial charge in [0.05, 0.1) is 6.61 Å². The predicted octanol–water partition coefficient (Wildman–Crippen LogP) is 3.30. The molecular weight excluding hydrogens is 254 g/mol. The van der Waals surface area contributed by atoms with Gasteiger partial charge in [0, 0.05) is 24.0 Å². The van der Waals surface area contributed by atoms with E-state index in [1.165, 1.54) is 0 Å². The van der Waals surface area contributed by atoms with Gasteiger partial charge < -0.3 is 20.2 Å². The highest BCUT2D eigenvalue weighted by molar-refractivity contribution is 5.79. The van der Waals surface area contributed by atoms with Crippen molar-refractivity contribution in [1.82, 2.24) is 4.98 Å². The van der Waals surface area contributed by atoms with Crippen LogP contribution in [-0.4, -0.2) is 12.1 Å². The first-order chi connectivity index (χ1) is 9.76. The Bertz CT molecular complexity index is 737. The van der Waals surface area contributed by atoms with Crippen molar-refractivity contribution >= 4 is 28.5 Å². The topological polar surface area (TPSA) is 73.3 Å². The summed E-state index contributed by atoms with van der Waals surface area (Å²) >= 11 is 0. The molecule has 5 heteroatoms. The zero-order valence-corrected chi connectivity index (χ0v) is 11.1. The van der Waals surface area contributed by atoms with Gasteiger partial charge in [-0.05, 0) is 24.3 Å². The molecule has 0 unspecified atom stereocenters. The van der Waals surface area contributed by atoms with Crippen LogP contribution in [0.25, 0.3) is 11.1 Å². The molecule has 2 aromatic carbocycles. The Morgan fingerprint density at radius 2 is 2.10 bits per heavy atom. The molecule has 3 aromatic rings. The lowest BCUT2D eigenvalue weighted by Gasteiger charge is -2.08. The quantitative estimate of drug-likeness (QED) is 0.711. The van der Waals surface area contributed by atoms with E-state index in [-0.39, 0.29) is 0 Å². The third-order valence-corrected chi connectivity index (χ3v) is 2.97. The van der Waals surface area contributed by atoms with Gasteiger partial charge in [0.15, 0.2) is 5.58 Å². The molecule has 1 aromatic heterocycles. The van der Waals surface area contributed by atoms with Crippen molar-refractivity contribution in [2.45, 2.75) is 6.61 Å². The van der Waals surface area contributed by atoms with Crippen molar-refractivity contribution in [2.24, 2.45) is 0 Å². The molecule has 0 aliphatic carbocycles. The molecule has 3 N–H and O–H groups in total. The maximum Gasteiger partial charge on any atom is 0.300 e. The van der Waals surface area contributed by atoms with Crippen LogP contribution in [0.1, 0.15) is 5.56 Å². The van der Waals surface area contributed by atoms with Crippen LogP contribution in [0.5, 0.6) is 0 Å². The molecule has 0 fully saturated rings. The van der Waals surface area contributed by atoms with Crippen molar-refractivity contribution in [1.29, 1.82) is 0 Å². The van der Waals surface area contributed by atoms with E-state index >= 15 is 0 Å². The van der Waals surface area contributed by atoms with Gasteiger partial charge in [0.2, 0.25) is 0 Å². The lowest BCUT2D eigenvalue weighted by Crippen LogP contribution is -1.97. The zero-order chi connectivity index (χ0) is 13.9. The molecule has 0 aliphatic rings. The minimum atomic E-state index is 0.439. The largest absolute Gasteiger partial charge is 0.423 e. The fourth-order valence-electron chi connectivity index (χ4n) is 2.04. The average molecular weight is 269 g/mol. The molecule has 0 radical (unpaired) electrons. The number of nitrogens with two attached hydrogens (primary N) is 1. The first-order valence-corrected chi connectivity index (χ1v) is 6.26. The van der Waals surface area contributed by atoms with Crippen LogP contribution in [0.15, 0.2) is 46.9 Å². The summed E-state index contributed by atoms with van der Waals surface area (Å²) in [6, 6.07) is 13.7. The molecule has 0 amide bonds. The summed E-state index contributed by atoms with van der Waals surface area (Å²) in [7, 11) is 1.67. The standard InChI is InChI=1S/C15H15N3O2/c1-19-9-10-4-2-3-5-12(10)17-15-18-13-8-11(16)6-7-14(13)20-15/h2-8H,9,16H2,1H3,(H,17,18). The lowest BCUT2D eigenvalue weighted by molar-refractivity contribution is 0.185. The summed E-state index contributed by atoms with van der Waals surface area (Å²) in [6.45, 7) is 0.524. The van der Waals surface area contributed by atoms with Crippen molar-refractivity contribution in [3.8, 4) is 0 Å². The molecule has 1 heterocycles. The lowest BCUT2D eigenvalue weighted by atomic mass is 10.2. The van der Waals surface area contributed by atoms with E-state index in [1.807, 2.05) is 30.3 Å². The van der Waals surface area contributed by atoms with E-state index in [4.69, 9.17) is 14.9 Å². The van der Waals surface area contributed by atoms with E-state index in [2.05, 4.69) is 10.3 Å². The Labute approximate surface area is 116 Å². The number of rotatable bonds is 4. The Balaban J connectivity index is 1.93. The number of nitrogens with one attached hydrogen (secondary N) is 1. The van der Waals surface area contributed by atoms with Gasteiger partial charge in [-0.2, -0.15) is 4.98 Å². The summed E-state index contributed by atoms with van der Waals surface area (Å²) in [6.07, 6.45) is 0. The molecule has 0 saturated carbocycles. The number of nitrogens with zero attached hydrogens (tertiary/aromatic N) is 1. The SMILES string of the molecule is COCc1ccccc1Nc1nc2cc(N)ccc2o1. The minimum absolute atomic E-state index is 0.439. The number of aromatic nitrogens is 1. The second-order valence-electron chi connectivity index (χ2n) is 4.46. The van der Waals surface area contributed by atoms with Crippen LogP contribution >= 0.6 is 0 Å². The van der Waals surface area contributed by atoms with E-state index in [0.717, 1.165) is 16.8 Å². The number of para-hydroxylation sites is 1. The molecule has 0 saturated heterocycles. The van der Waals surface area contributed by atoms with Gasteiger partial charge >= 0.3 is 0 Å². The van der Waals surface area contributed by atoms with Gasteiger partial charge in [0.1, 0.15) is 5.52 Å². The third-order valence-electron chi connectivity index (χ3n) is 2.97. The molecule has 0 atom stereocenters.